The van der Waals surface area contributed by atoms with Gasteiger partial charge in [-0.25, -0.2) is 0 Å². The Hall–Kier alpha value is -8.20. The molecular formula is C66H56N2. The van der Waals surface area contributed by atoms with Gasteiger partial charge in [-0.15, -0.1) is 0 Å². The Morgan fingerprint density at radius 3 is 0.809 bits per heavy atom. The molecule has 0 aliphatic rings. The van der Waals surface area contributed by atoms with Gasteiger partial charge in [0, 0.05) is 22.7 Å². The third kappa shape index (κ3) is 8.77. The molecule has 2 heteroatoms. The maximum atomic E-state index is 2.44. The molecule has 10 aromatic rings. The fourth-order valence-corrected chi connectivity index (χ4v) is 9.98. The van der Waals surface area contributed by atoms with Gasteiger partial charge in [-0.05, 0) is 203 Å². The van der Waals surface area contributed by atoms with Crippen molar-refractivity contribution in [3.8, 4) is 55.6 Å². The number of aryl methyl sites for hydroxylation is 6. The largest absolute Gasteiger partial charge is 0.310 e. The van der Waals surface area contributed by atoms with E-state index in [1.165, 1.54) is 112 Å². The summed E-state index contributed by atoms with van der Waals surface area (Å²) in [5, 5.41) is 0. The second-order valence-electron chi connectivity index (χ2n) is 18.1. The summed E-state index contributed by atoms with van der Waals surface area (Å²) in [7, 11) is 0. The van der Waals surface area contributed by atoms with Crippen LogP contribution in [0.4, 0.5) is 34.1 Å². The van der Waals surface area contributed by atoms with E-state index >= 15 is 0 Å². The van der Waals surface area contributed by atoms with Gasteiger partial charge in [-0.2, -0.15) is 0 Å². The normalized spacial score (nSPS) is 11.1. The number of anilines is 6. The molecule has 0 fully saturated rings. The summed E-state index contributed by atoms with van der Waals surface area (Å²) in [6, 6.07) is 83.9. The molecule has 0 aliphatic carbocycles. The summed E-state index contributed by atoms with van der Waals surface area (Å²) in [6.45, 7) is 13.5. The molecule has 68 heavy (non-hydrogen) atoms. The molecule has 10 rings (SSSR count). The summed E-state index contributed by atoms with van der Waals surface area (Å²) < 4.78 is 0. The minimum absolute atomic E-state index is 1.13. The lowest BCUT2D eigenvalue weighted by Gasteiger charge is -2.31. The van der Waals surface area contributed by atoms with Crippen LogP contribution < -0.4 is 9.80 Å². The molecule has 2 nitrogen and oxygen atoms in total. The summed E-state index contributed by atoms with van der Waals surface area (Å²) in [5.74, 6) is 0. The van der Waals surface area contributed by atoms with E-state index in [2.05, 4.69) is 282 Å². The van der Waals surface area contributed by atoms with Crippen LogP contribution in [0.25, 0.3) is 55.6 Å². The third-order valence-electron chi connectivity index (χ3n) is 13.3. The van der Waals surface area contributed by atoms with Crippen LogP contribution in [0, 0.1) is 41.5 Å². The average molecular weight is 877 g/mol. The molecule has 0 amide bonds. The standard InChI is InChI=1S/C66H56N2/c1-45-19-13-15-29-63(45)67(61-35-31-53(32-36-61)57-27-17-25-55(43-57)51-21-9-7-10-22-51)65-47(3)39-59(40-48(65)4)60-41-49(5)66(50(6)42-60)68(64-30-16-14-20-46(64)2)62-37-33-54(34-38-62)58-28-18-26-56(44-58)52-23-11-8-12-24-52/h7-44H,1-6H3. The van der Waals surface area contributed by atoms with Crippen molar-refractivity contribution in [1.82, 2.24) is 0 Å². The van der Waals surface area contributed by atoms with Crippen molar-refractivity contribution in [3.63, 3.8) is 0 Å². The van der Waals surface area contributed by atoms with E-state index in [0.29, 0.717) is 0 Å². The summed E-state index contributed by atoms with van der Waals surface area (Å²) in [4.78, 5) is 4.89. The van der Waals surface area contributed by atoms with Crippen molar-refractivity contribution in [3.05, 3.63) is 264 Å². The van der Waals surface area contributed by atoms with E-state index in [9.17, 15) is 0 Å². The van der Waals surface area contributed by atoms with Crippen LogP contribution in [0.5, 0.6) is 0 Å². The highest BCUT2D eigenvalue weighted by Crippen LogP contribution is 2.45. The summed E-state index contributed by atoms with van der Waals surface area (Å²) in [6.07, 6.45) is 0. The Morgan fingerprint density at radius 2 is 0.485 bits per heavy atom. The first-order valence-electron chi connectivity index (χ1n) is 23.7. The maximum Gasteiger partial charge on any atom is 0.0520 e. The van der Waals surface area contributed by atoms with Crippen molar-refractivity contribution in [2.75, 3.05) is 9.80 Å². The molecule has 0 spiro atoms. The Kier molecular flexibility index (Phi) is 12.2. The fraction of sp³-hybridized carbons (Fsp3) is 0.0909. The van der Waals surface area contributed by atoms with E-state index < -0.39 is 0 Å². The van der Waals surface area contributed by atoms with Crippen LogP contribution >= 0.6 is 0 Å². The molecule has 0 atom stereocenters. The van der Waals surface area contributed by atoms with Crippen molar-refractivity contribution < 1.29 is 0 Å². The SMILES string of the molecule is Cc1ccccc1N(c1ccc(-c2cccc(-c3ccccc3)c2)cc1)c1c(C)cc(-c2cc(C)c(N(c3ccc(-c4cccc(-c5ccccc5)c4)cc3)c3ccccc3C)c(C)c2)cc1C. The van der Waals surface area contributed by atoms with Crippen LogP contribution in [0.15, 0.2) is 231 Å². The molecule has 0 saturated heterocycles. The molecule has 0 unspecified atom stereocenters. The van der Waals surface area contributed by atoms with Crippen molar-refractivity contribution >= 4 is 34.1 Å². The Bertz CT molecular complexity index is 3110. The minimum atomic E-state index is 1.13. The summed E-state index contributed by atoms with van der Waals surface area (Å²) in [5.41, 5.74) is 26.4. The van der Waals surface area contributed by atoms with Crippen LogP contribution in [0.3, 0.4) is 0 Å². The van der Waals surface area contributed by atoms with Crippen molar-refractivity contribution in [2.45, 2.75) is 41.5 Å². The Labute approximate surface area is 403 Å². The molecular weight excluding hydrogens is 821 g/mol. The quantitative estimate of drug-likeness (QED) is 0.128. The van der Waals surface area contributed by atoms with Crippen LogP contribution in [0.2, 0.25) is 0 Å². The van der Waals surface area contributed by atoms with E-state index in [0.717, 1.165) is 11.4 Å². The second kappa shape index (κ2) is 19.0. The predicted octanol–water partition coefficient (Wildman–Crippen LogP) is 18.8. The van der Waals surface area contributed by atoms with Crippen LogP contribution in [0.1, 0.15) is 33.4 Å². The zero-order valence-electron chi connectivity index (χ0n) is 39.8. The van der Waals surface area contributed by atoms with Gasteiger partial charge in [0.15, 0.2) is 0 Å². The van der Waals surface area contributed by atoms with E-state index in [-0.39, 0.29) is 0 Å². The lowest BCUT2D eigenvalue weighted by Crippen LogP contribution is -2.14. The van der Waals surface area contributed by atoms with Crippen molar-refractivity contribution in [2.24, 2.45) is 0 Å². The van der Waals surface area contributed by atoms with E-state index in [4.69, 9.17) is 0 Å². The number of nitrogens with zero attached hydrogens (tertiary/aromatic N) is 2. The number of rotatable bonds is 11. The third-order valence-corrected chi connectivity index (χ3v) is 13.3. The molecule has 0 N–H and O–H groups in total. The van der Waals surface area contributed by atoms with Gasteiger partial charge in [-0.1, -0.05) is 158 Å². The number of hydrogen-bond acceptors (Lipinski definition) is 2. The molecule has 10 aromatic carbocycles. The average Bonchev–Trinajstić information content (AvgIpc) is 3.37. The predicted molar refractivity (Wildman–Crippen MR) is 291 cm³/mol. The zero-order valence-corrected chi connectivity index (χ0v) is 39.8. The molecule has 0 bridgehead atoms. The smallest absolute Gasteiger partial charge is 0.0520 e. The topological polar surface area (TPSA) is 6.48 Å². The Balaban J connectivity index is 0.993. The van der Waals surface area contributed by atoms with E-state index in [1.54, 1.807) is 0 Å². The van der Waals surface area contributed by atoms with Crippen LogP contribution in [-0.2, 0) is 0 Å². The molecule has 0 saturated carbocycles. The van der Waals surface area contributed by atoms with Gasteiger partial charge in [0.1, 0.15) is 0 Å². The first-order valence-corrected chi connectivity index (χ1v) is 23.7. The van der Waals surface area contributed by atoms with Gasteiger partial charge in [0.05, 0.1) is 11.4 Å². The Morgan fingerprint density at radius 1 is 0.206 bits per heavy atom. The highest BCUT2D eigenvalue weighted by atomic mass is 15.2. The first kappa shape index (κ1) is 43.7. The maximum absolute atomic E-state index is 2.44. The number of hydrogen-bond donors (Lipinski definition) is 0. The zero-order chi connectivity index (χ0) is 46.7. The van der Waals surface area contributed by atoms with Gasteiger partial charge < -0.3 is 9.80 Å². The van der Waals surface area contributed by atoms with Gasteiger partial charge in [0.25, 0.3) is 0 Å². The van der Waals surface area contributed by atoms with Crippen LogP contribution in [-0.4, -0.2) is 0 Å². The molecule has 0 heterocycles. The van der Waals surface area contributed by atoms with Crippen molar-refractivity contribution in [1.29, 1.82) is 0 Å². The molecule has 0 aromatic heterocycles. The molecule has 0 radical (unpaired) electrons. The van der Waals surface area contributed by atoms with Gasteiger partial charge >= 0.3 is 0 Å². The van der Waals surface area contributed by atoms with Gasteiger partial charge in [-0.3, -0.25) is 0 Å². The lowest BCUT2D eigenvalue weighted by atomic mass is 9.93. The number of benzene rings is 10. The minimum Gasteiger partial charge on any atom is -0.310 e. The highest BCUT2D eigenvalue weighted by molar-refractivity contribution is 5.88. The molecule has 330 valence electrons. The number of para-hydroxylation sites is 2. The first-order chi connectivity index (χ1) is 33.2. The van der Waals surface area contributed by atoms with E-state index in [1.807, 2.05) is 0 Å². The molecule has 0 aliphatic heterocycles. The monoisotopic (exact) mass is 876 g/mol. The lowest BCUT2D eigenvalue weighted by molar-refractivity contribution is 1.19. The highest BCUT2D eigenvalue weighted by Gasteiger charge is 2.23. The van der Waals surface area contributed by atoms with Gasteiger partial charge in [0.2, 0.25) is 0 Å². The fourth-order valence-electron chi connectivity index (χ4n) is 9.98. The summed E-state index contributed by atoms with van der Waals surface area (Å²) >= 11 is 0. The second-order valence-corrected chi connectivity index (χ2v) is 18.1.